The Labute approximate surface area is 362 Å². The summed E-state index contributed by atoms with van der Waals surface area (Å²) in [6.45, 7) is 0. The Morgan fingerprint density at radius 2 is 0.710 bits per heavy atom. The van der Waals surface area contributed by atoms with Crippen molar-refractivity contribution in [1.82, 2.24) is 0 Å². The smallest absolute Gasteiger partial charge is 0.136 e. The van der Waals surface area contributed by atoms with E-state index in [4.69, 9.17) is 4.42 Å². The third kappa shape index (κ3) is 6.84. The summed E-state index contributed by atoms with van der Waals surface area (Å²) in [5, 5.41) is 2.25. The normalized spacial score (nSPS) is 11.2. The predicted octanol–water partition coefficient (Wildman–Crippen LogP) is 17.1. The number of nitrogens with zero attached hydrogens (tertiary/aromatic N) is 1. The molecule has 0 aliphatic heterocycles. The van der Waals surface area contributed by atoms with Crippen LogP contribution < -0.4 is 4.90 Å². The van der Waals surface area contributed by atoms with E-state index in [-0.39, 0.29) is 0 Å². The van der Waals surface area contributed by atoms with E-state index in [0.29, 0.717) is 0 Å². The average molecular weight is 792 g/mol. The van der Waals surface area contributed by atoms with Gasteiger partial charge in [-0.15, -0.1) is 0 Å². The van der Waals surface area contributed by atoms with Crippen molar-refractivity contribution in [2.45, 2.75) is 0 Å². The summed E-state index contributed by atoms with van der Waals surface area (Å²) in [6, 6.07) is 89.2. The highest BCUT2D eigenvalue weighted by atomic mass is 16.3. The lowest BCUT2D eigenvalue weighted by atomic mass is 9.88. The molecule has 11 rings (SSSR count). The van der Waals surface area contributed by atoms with Gasteiger partial charge in [0, 0.05) is 27.7 Å². The average Bonchev–Trinajstić information content (AvgIpc) is 3.74. The molecule has 0 fully saturated rings. The van der Waals surface area contributed by atoms with Gasteiger partial charge in [-0.3, -0.25) is 0 Å². The van der Waals surface area contributed by atoms with Gasteiger partial charge in [-0.1, -0.05) is 200 Å². The van der Waals surface area contributed by atoms with Crippen LogP contribution in [0.3, 0.4) is 0 Å². The summed E-state index contributed by atoms with van der Waals surface area (Å²) < 4.78 is 6.31. The van der Waals surface area contributed by atoms with Gasteiger partial charge in [0.05, 0.1) is 5.69 Å². The number of hydrogen-bond donors (Lipinski definition) is 0. The van der Waals surface area contributed by atoms with Crippen molar-refractivity contribution >= 4 is 39.0 Å². The molecule has 0 unspecified atom stereocenters. The van der Waals surface area contributed by atoms with Crippen LogP contribution in [0, 0.1) is 0 Å². The van der Waals surface area contributed by atoms with Crippen molar-refractivity contribution in [3.8, 4) is 66.8 Å². The Morgan fingerprint density at radius 3 is 1.35 bits per heavy atom. The molecule has 0 radical (unpaired) electrons. The molecular weight excluding hydrogens is 751 g/mol. The Hall–Kier alpha value is -8.20. The lowest BCUT2D eigenvalue weighted by molar-refractivity contribution is 0.669. The fraction of sp³-hybridized carbons (Fsp3) is 0. The molecule has 0 N–H and O–H groups in total. The fourth-order valence-electron chi connectivity index (χ4n) is 9.00. The minimum Gasteiger partial charge on any atom is -0.456 e. The van der Waals surface area contributed by atoms with Crippen LogP contribution in [0.2, 0.25) is 0 Å². The standard InChI is InChI=1S/C60H41NO/c1-4-19-42(20-5-1)46-39-47(43-21-6-2-7-22-43)41-49(40-46)61(48-37-35-45(36-38-48)51-31-18-34-59-60(51)56-30-15-17-33-58(56)62-59)57-32-16-14-29-55(57)54-28-13-12-27-53(54)52-26-11-10-25-50(52)44-23-8-3-9-24-44/h1-41H. The Morgan fingerprint density at radius 1 is 0.258 bits per heavy atom. The SMILES string of the molecule is c1ccc(-c2cc(-c3ccccc3)cc(N(c3ccc(-c4cccc5oc6ccccc6c45)cc3)c3ccccc3-c3ccccc3-c3ccccc3-c3ccccc3)c2)cc1. The van der Waals surface area contributed by atoms with Crippen LogP contribution in [0.5, 0.6) is 0 Å². The van der Waals surface area contributed by atoms with Gasteiger partial charge in [0.1, 0.15) is 11.2 Å². The van der Waals surface area contributed by atoms with Gasteiger partial charge in [0.2, 0.25) is 0 Å². The fourth-order valence-corrected chi connectivity index (χ4v) is 9.00. The monoisotopic (exact) mass is 791 g/mol. The van der Waals surface area contributed by atoms with Crippen molar-refractivity contribution in [3.63, 3.8) is 0 Å². The first-order chi connectivity index (χ1) is 30.8. The molecule has 0 spiro atoms. The zero-order valence-corrected chi connectivity index (χ0v) is 34.0. The molecule has 0 aliphatic carbocycles. The molecule has 2 nitrogen and oxygen atoms in total. The zero-order chi connectivity index (χ0) is 41.2. The molecule has 0 saturated heterocycles. The molecule has 0 amide bonds. The largest absolute Gasteiger partial charge is 0.456 e. The third-order valence-corrected chi connectivity index (χ3v) is 11.9. The number of benzene rings is 10. The van der Waals surface area contributed by atoms with Crippen molar-refractivity contribution in [3.05, 3.63) is 249 Å². The van der Waals surface area contributed by atoms with Crippen LogP contribution in [0.15, 0.2) is 253 Å². The highest BCUT2D eigenvalue weighted by Gasteiger charge is 2.22. The van der Waals surface area contributed by atoms with E-state index >= 15 is 0 Å². The zero-order valence-electron chi connectivity index (χ0n) is 34.0. The van der Waals surface area contributed by atoms with Gasteiger partial charge in [-0.05, 0) is 110 Å². The molecule has 1 heterocycles. The summed E-state index contributed by atoms with van der Waals surface area (Å²) in [7, 11) is 0. The summed E-state index contributed by atoms with van der Waals surface area (Å²) in [5.41, 5.74) is 19.0. The Balaban J connectivity index is 1.13. The van der Waals surface area contributed by atoms with E-state index in [1.165, 1.54) is 33.4 Å². The topological polar surface area (TPSA) is 16.4 Å². The van der Waals surface area contributed by atoms with E-state index in [1.807, 2.05) is 12.1 Å². The molecule has 0 atom stereocenters. The highest BCUT2D eigenvalue weighted by molar-refractivity contribution is 6.12. The van der Waals surface area contributed by atoms with Crippen molar-refractivity contribution < 1.29 is 4.42 Å². The molecule has 0 aliphatic rings. The molecule has 292 valence electrons. The molecule has 0 bridgehead atoms. The van der Waals surface area contributed by atoms with E-state index in [2.05, 4.69) is 241 Å². The second-order valence-corrected chi connectivity index (χ2v) is 15.6. The van der Waals surface area contributed by atoms with Crippen LogP contribution in [0.4, 0.5) is 17.1 Å². The molecule has 10 aromatic carbocycles. The third-order valence-electron chi connectivity index (χ3n) is 11.9. The Bertz CT molecular complexity index is 3270. The minimum atomic E-state index is 0.891. The number of rotatable bonds is 9. The molecule has 2 heteroatoms. The van der Waals surface area contributed by atoms with Crippen molar-refractivity contribution in [1.29, 1.82) is 0 Å². The van der Waals surface area contributed by atoms with Crippen LogP contribution in [0.25, 0.3) is 88.7 Å². The molecule has 1 aromatic heterocycles. The van der Waals surface area contributed by atoms with Gasteiger partial charge < -0.3 is 9.32 Å². The lowest BCUT2D eigenvalue weighted by Crippen LogP contribution is -2.12. The first-order valence-electron chi connectivity index (χ1n) is 21.2. The van der Waals surface area contributed by atoms with Gasteiger partial charge in [0.15, 0.2) is 0 Å². The molecule has 62 heavy (non-hydrogen) atoms. The van der Waals surface area contributed by atoms with E-state index < -0.39 is 0 Å². The first-order valence-corrected chi connectivity index (χ1v) is 21.2. The highest BCUT2D eigenvalue weighted by Crippen LogP contribution is 2.47. The van der Waals surface area contributed by atoms with Crippen LogP contribution in [-0.4, -0.2) is 0 Å². The lowest BCUT2D eigenvalue weighted by Gasteiger charge is -2.30. The van der Waals surface area contributed by atoms with Gasteiger partial charge in [0.25, 0.3) is 0 Å². The maximum Gasteiger partial charge on any atom is 0.136 e. The number of anilines is 3. The Kier molecular flexibility index (Phi) is 9.57. The maximum atomic E-state index is 6.31. The number of para-hydroxylation sites is 2. The van der Waals surface area contributed by atoms with Gasteiger partial charge >= 0.3 is 0 Å². The maximum absolute atomic E-state index is 6.31. The van der Waals surface area contributed by atoms with Crippen LogP contribution in [-0.2, 0) is 0 Å². The number of fused-ring (bicyclic) bond motifs is 3. The van der Waals surface area contributed by atoms with Crippen LogP contribution in [0.1, 0.15) is 0 Å². The predicted molar refractivity (Wildman–Crippen MR) is 261 cm³/mol. The molecule has 11 aromatic rings. The van der Waals surface area contributed by atoms with Crippen molar-refractivity contribution in [2.75, 3.05) is 4.90 Å². The number of furan rings is 1. The van der Waals surface area contributed by atoms with Crippen LogP contribution >= 0.6 is 0 Å². The summed E-state index contributed by atoms with van der Waals surface area (Å²) in [6.07, 6.45) is 0. The minimum absolute atomic E-state index is 0.891. The molecular formula is C60H41NO. The number of hydrogen-bond acceptors (Lipinski definition) is 2. The second-order valence-electron chi connectivity index (χ2n) is 15.6. The van der Waals surface area contributed by atoms with E-state index in [1.54, 1.807) is 0 Å². The quantitative estimate of drug-likeness (QED) is 0.145. The first kappa shape index (κ1) is 36.8. The summed E-state index contributed by atoms with van der Waals surface area (Å²) in [4.78, 5) is 2.44. The summed E-state index contributed by atoms with van der Waals surface area (Å²) >= 11 is 0. The summed E-state index contributed by atoms with van der Waals surface area (Å²) in [5.74, 6) is 0. The second kappa shape index (κ2) is 16.1. The van der Waals surface area contributed by atoms with Gasteiger partial charge in [-0.2, -0.15) is 0 Å². The van der Waals surface area contributed by atoms with Crippen molar-refractivity contribution in [2.24, 2.45) is 0 Å². The van der Waals surface area contributed by atoms with Gasteiger partial charge in [-0.25, -0.2) is 0 Å². The van der Waals surface area contributed by atoms with E-state index in [9.17, 15) is 0 Å². The van der Waals surface area contributed by atoms with E-state index in [0.717, 1.165) is 72.4 Å². The molecule has 0 saturated carbocycles.